The molecule has 0 fully saturated rings. The van der Waals surface area contributed by atoms with Gasteiger partial charge in [0, 0.05) is 0 Å². The van der Waals surface area contributed by atoms with E-state index in [0.717, 1.165) is 12.4 Å². The van der Waals surface area contributed by atoms with E-state index in [-0.39, 0.29) is 0 Å². The van der Waals surface area contributed by atoms with Crippen molar-refractivity contribution in [3.63, 3.8) is 0 Å². The molecule has 0 aliphatic heterocycles. The molecular weight excluding hydrogens is 162 g/mol. The molecule has 0 aromatic heterocycles. The molecule has 0 spiro atoms. The summed E-state index contributed by atoms with van der Waals surface area (Å²) in [5.41, 5.74) is 4.50. The van der Waals surface area contributed by atoms with E-state index in [0.29, 0.717) is 5.92 Å². The lowest BCUT2D eigenvalue weighted by atomic mass is 10.2. The van der Waals surface area contributed by atoms with Crippen molar-refractivity contribution in [2.75, 3.05) is 13.7 Å². The van der Waals surface area contributed by atoms with Gasteiger partial charge in [0.15, 0.2) is 0 Å². The van der Waals surface area contributed by atoms with Gasteiger partial charge >= 0.3 is 0 Å². The fourth-order valence-electron chi connectivity index (χ4n) is 0.780. The molecule has 13 heavy (non-hydrogen) atoms. The van der Waals surface area contributed by atoms with Gasteiger partial charge in [0.2, 0.25) is 0 Å². The molecule has 74 valence electrons. The first-order valence-electron chi connectivity index (χ1n) is 4.54. The summed E-state index contributed by atoms with van der Waals surface area (Å²) in [7, 11) is 1.50. The van der Waals surface area contributed by atoms with Crippen LogP contribution in [0.15, 0.2) is 30.3 Å². The number of hydrogen-bond donors (Lipinski definition) is 1. The Morgan fingerprint density at radius 2 is 1.69 bits per heavy atom. The summed E-state index contributed by atoms with van der Waals surface area (Å²) >= 11 is 0. The summed E-state index contributed by atoms with van der Waals surface area (Å²) in [6, 6.07) is 9.90. The predicted octanol–water partition coefficient (Wildman–Crippen LogP) is 2.30. The van der Waals surface area contributed by atoms with Crippen molar-refractivity contribution in [1.29, 1.82) is 0 Å². The molecule has 0 saturated carbocycles. The normalized spacial score (nSPS) is 9.00. The van der Waals surface area contributed by atoms with E-state index in [9.17, 15) is 0 Å². The van der Waals surface area contributed by atoms with E-state index in [1.165, 1.54) is 7.05 Å². The Bertz CT molecular complexity index is 197. The molecule has 2 heteroatoms. The lowest BCUT2D eigenvalue weighted by molar-refractivity contribution is 0.271. The van der Waals surface area contributed by atoms with Crippen molar-refractivity contribution < 1.29 is 4.74 Å². The number of ether oxygens (including phenoxy) is 1. The Labute approximate surface area is 80.7 Å². The summed E-state index contributed by atoms with van der Waals surface area (Å²) in [6.45, 7) is 5.08. The van der Waals surface area contributed by atoms with Crippen LogP contribution in [0.2, 0.25) is 0 Å². The van der Waals surface area contributed by atoms with Gasteiger partial charge in [-0.3, -0.25) is 0 Å². The minimum atomic E-state index is 0.593. The van der Waals surface area contributed by atoms with Crippen LogP contribution < -0.4 is 10.5 Å². The molecule has 0 aliphatic rings. The van der Waals surface area contributed by atoms with E-state index in [4.69, 9.17) is 4.74 Å². The molecule has 2 nitrogen and oxygen atoms in total. The molecule has 0 heterocycles. The van der Waals surface area contributed by atoms with Crippen molar-refractivity contribution in [2.45, 2.75) is 13.8 Å². The van der Waals surface area contributed by atoms with Crippen LogP contribution in [0.3, 0.4) is 0 Å². The third-order valence-electron chi connectivity index (χ3n) is 1.33. The van der Waals surface area contributed by atoms with Crippen LogP contribution in [0.25, 0.3) is 0 Å². The Kier molecular flexibility index (Phi) is 7.02. The van der Waals surface area contributed by atoms with Crippen molar-refractivity contribution in [3.8, 4) is 5.75 Å². The maximum atomic E-state index is 5.47. The first-order chi connectivity index (χ1) is 6.29. The average molecular weight is 181 g/mol. The quantitative estimate of drug-likeness (QED) is 0.776. The van der Waals surface area contributed by atoms with Gasteiger partial charge in [0.25, 0.3) is 0 Å². The maximum Gasteiger partial charge on any atom is 0.119 e. The largest absolute Gasteiger partial charge is 0.493 e. The minimum Gasteiger partial charge on any atom is -0.493 e. The predicted molar refractivity (Wildman–Crippen MR) is 56.9 cm³/mol. The molecule has 1 aromatic carbocycles. The highest BCUT2D eigenvalue weighted by Crippen LogP contribution is 2.09. The van der Waals surface area contributed by atoms with Crippen LogP contribution >= 0.6 is 0 Å². The van der Waals surface area contributed by atoms with E-state index < -0.39 is 0 Å². The molecule has 0 radical (unpaired) electrons. The maximum absolute atomic E-state index is 5.47. The second-order valence-electron chi connectivity index (χ2n) is 3.02. The molecule has 0 atom stereocenters. The van der Waals surface area contributed by atoms with Gasteiger partial charge in [-0.05, 0) is 25.1 Å². The van der Waals surface area contributed by atoms with Crippen LogP contribution in [0.1, 0.15) is 13.8 Å². The summed E-state index contributed by atoms with van der Waals surface area (Å²) in [5.74, 6) is 1.55. The lowest BCUT2D eigenvalue weighted by Crippen LogP contribution is -2.03. The Hall–Kier alpha value is -1.02. The van der Waals surface area contributed by atoms with Gasteiger partial charge in [-0.15, -0.1) is 0 Å². The molecule has 0 bridgehead atoms. The fraction of sp³-hybridized carbons (Fsp3) is 0.455. The number of hydrogen-bond acceptors (Lipinski definition) is 2. The zero-order chi connectivity index (χ0) is 10.1. The molecule has 0 amide bonds. The second kappa shape index (κ2) is 7.62. The van der Waals surface area contributed by atoms with E-state index in [1.807, 2.05) is 30.3 Å². The number of rotatable bonds is 3. The van der Waals surface area contributed by atoms with Crippen LogP contribution in [-0.4, -0.2) is 13.7 Å². The zero-order valence-corrected chi connectivity index (χ0v) is 8.66. The van der Waals surface area contributed by atoms with Gasteiger partial charge in [-0.25, -0.2) is 0 Å². The minimum absolute atomic E-state index is 0.593. The van der Waals surface area contributed by atoms with Crippen molar-refractivity contribution in [2.24, 2.45) is 11.7 Å². The Morgan fingerprint density at radius 1 is 1.15 bits per heavy atom. The van der Waals surface area contributed by atoms with Crippen LogP contribution in [0.4, 0.5) is 0 Å². The number of benzene rings is 1. The van der Waals surface area contributed by atoms with Crippen LogP contribution in [0, 0.1) is 5.92 Å². The second-order valence-corrected chi connectivity index (χ2v) is 3.02. The zero-order valence-electron chi connectivity index (χ0n) is 8.66. The van der Waals surface area contributed by atoms with Crippen LogP contribution in [-0.2, 0) is 0 Å². The molecule has 1 rings (SSSR count). The summed E-state index contributed by atoms with van der Waals surface area (Å²) in [5, 5.41) is 0. The van der Waals surface area contributed by atoms with Gasteiger partial charge < -0.3 is 10.5 Å². The third-order valence-corrected chi connectivity index (χ3v) is 1.33. The lowest BCUT2D eigenvalue weighted by Gasteiger charge is -2.07. The summed E-state index contributed by atoms with van der Waals surface area (Å²) in [6.07, 6.45) is 0. The SMILES string of the molecule is CC(C)COc1ccccc1.CN. The van der Waals surface area contributed by atoms with Gasteiger partial charge in [0.05, 0.1) is 6.61 Å². The smallest absolute Gasteiger partial charge is 0.119 e. The first kappa shape index (κ1) is 12.0. The van der Waals surface area contributed by atoms with Crippen LogP contribution in [0.5, 0.6) is 5.75 Å². The number of nitrogens with two attached hydrogens (primary N) is 1. The molecule has 1 aromatic rings. The average Bonchev–Trinajstić information content (AvgIpc) is 2.19. The Balaban J connectivity index is 0.000000671. The number of para-hydroxylation sites is 1. The highest BCUT2D eigenvalue weighted by molar-refractivity contribution is 5.20. The van der Waals surface area contributed by atoms with Gasteiger partial charge in [-0.1, -0.05) is 32.0 Å². The standard InChI is InChI=1S/C10H14O.CH5N/c1-9(2)8-11-10-6-4-3-5-7-10;1-2/h3-7,9H,8H2,1-2H3;2H2,1H3. The van der Waals surface area contributed by atoms with Gasteiger partial charge in [-0.2, -0.15) is 0 Å². The third kappa shape index (κ3) is 6.17. The fourth-order valence-corrected chi connectivity index (χ4v) is 0.780. The van der Waals surface area contributed by atoms with E-state index in [2.05, 4.69) is 19.6 Å². The molecular formula is C11H19NO. The topological polar surface area (TPSA) is 35.2 Å². The highest BCUT2D eigenvalue weighted by Gasteiger charge is 1.94. The van der Waals surface area contributed by atoms with Crippen molar-refractivity contribution in [3.05, 3.63) is 30.3 Å². The highest BCUT2D eigenvalue weighted by atomic mass is 16.5. The molecule has 2 N–H and O–H groups in total. The monoisotopic (exact) mass is 181 g/mol. The molecule has 0 saturated heterocycles. The van der Waals surface area contributed by atoms with E-state index in [1.54, 1.807) is 0 Å². The van der Waals surface area contributed by atoms with Crippen molar-refractivity contribution in [1.82, 2.24) is 0 Å². The summed E-state index contributed by atoms with van der Waals surface area (Å²) in [4.78, 5) is 0. The summed E-state index contributed by atoms with van der Waals surface area (Å²) < 4.78 is 5.47. The van der Waals surface area contributed by atoms with E-state index >= 15 is 0 Å². The van der Waals surface area contributed by atoms with Gasteiger partial charge in [0.1, 0.15) is 5.75 Å². The van der Waals surface area contributed by atoms with Crippen molar-refractivity contribution >= 4 is 0 Å². The Morgan fingerprint density at radius 3 is 2.15 bits per heavy atom. The first-order valence-corrected chi connectivity index (χ1v) is 4.54. The molecule has 0 aliphatic carbocycles. The molecule has 0 unspecified atom stereocenters.